The summed E-state index contributed by atoms with van der Waals surface area (Å²) in [5.41, 5.74) is 6.78. The zero-order chi connectivity index (χ0) is 12.8. The molecule has 0 saturated heterocycles. The molecule has 0 unspecified atom stereocenters. The van der Waals surface area contributed by atoms with Crippen LogP contribution < -0.4 is 10.6 Å². The van der Waals surface area contributed by atoms with Crippen molar-refractivity contribution in [2.75, 3.05) is 23.7 Å². The number of nitrogen functional groups attached to an aromatic ring is 1. The molecule has 1 rings (SSSR count). The van der Waals surface area contributed by atoms with Crippen molar-refractivity contribution in [2.24, 2.45) is 5.92 Å². The van der Waals surface area contributed by atoms with Gasteiger partial charge in [-0.2, -0.15) is 5.26 Å². The molecule has 4 heteroatoms. The average molecular weight is 235 g/mol. The highest BCUT2D eigenvalue weighted by atomic mass is 19.1. The number of rotatable bonds is 5. The number of nitrogens with two attached hydrogens (primary N) is 1. The number of hydrogen-bond acceptors (Lipinski definition) is 3. The van der Waals surface area contributed by atoms with Crippen LogP contribution in [0.2, 0.25) is 0 Å². The summed E-state index contributed by atoms with van der Waals surface area (Å²) in [6.07, 6.45) is 0.420. The van der Waals surface area contributed by atoms with Gasteiger partial charge < -0.3 is 10.6 Å². The summed E-state index contributed by atoms with van der Waals surface area (Å²) in [5.74, 6) is 0.101. The number of nitriles is 1. The molecule has 0 atom stereocenters. The third kappa shape index (κ3) is 4.31. The SMILES string of the molecule is CC(C)CN(CCC#N)c1cc(N)cc(F)c1. The van der Waals surface area contributed by atoms with E-state index in [-0.39, 0.29) is 5.82 Å². The third-order valence-electron chi connectivity index (χ3n) is 2.35. The zero-order valence-electron chi connectivity index (χ0n) is 10.3. The van der Waals surface area contributed by atoms with Crippen LogP contribution in [0.3, 0.4) is 0 Å². The van der Waals surface area contributed by atoms with E-state index in [9.17, 15) is 4.39 Å². The third-order valence-corrected chi connectivity index (χ3v) is 2.35. The molecule has 0 amide bonds. The maximum atomic E-state index is 13.3. The molecule has 92 valence electrons. The van der Waals surface area contributed by atoms with Gasteiger partial charge in [-0.1, -0.05) is 13.8 Å². The Bertz CT molecular complexity index is 389. The first-order chi connectivity index (χ1) is 8.02. The van der Waals surface area contributed by atoms with Crippen molar-refractivity contribution < 1.29 is 4.39 Å². The maximum Gasteiger partial charge on any atom is 0.127 e. The highest BCUT2D eigenvalue weighted by molar-refractivity contribution is 5.56. The minimum atomic E-state index is -0.342. The fourth-order valence-electron chi connectivity index (χ4n) is 1.73. The second-order valence-corrected chi connectivity index (χ2v) is 4.49. The van der Waals surface area contributed by atoms with Crippen molar-refractivity contribution in [3.63, 3.8) is 0 Å². The van der Waals surface area contributed by atoms with Gasteiger partial charge in [-0.3, -0.25) is 0 Å². The van der Waals surface area contributed by atoms with Crippen LogP contribution >= 0.6 is 0 Å². The van der Waals surface area contributed by atoms with Crippen molar-refractivity contribution in [3.8, 4) is 6.07 Å². The Morgan fingerprint density at radius 1 is 1.41 bits per heavy atom. The second kappa shape index (κ2) is 6.09. The smallest absolute Gasteiger partial charge is 0.127 e. The average Bonchev–Trinajstić information content (AvgIpc) is 2.22. The normalized spacial score (nSPS) is 10.3. The van der Waals surface area contributed by atoms with Crippen molar-refractivity contribution in [2.45, 2.75) is 20.3 Å². The van der Waals surface area contributed by atoms with E-state index in [4.69, 9.17) is 11.0 Å². The van der Waals surface area contributed by atoms with Crippen molar-refractivity contribution in [3.05, 3.63) is 24.0 Å². The molecule has 0 aliphatic carbocycles. The minimum Gasteiger partial charge on any atom is -0.399 e. The number of hydrogen-bond donors (Lipinski definition) is 1. The van der Waals surface area contributed by atoms with Gasteiger partial charge in [0.05, 0.1) is 12.5 Å². The highest BCUT2D eigenvalue weighted by Crippen LogP contribution is 2.21. The van der Waals surface area contributed by atoms with Gasteiger partial charge in [0.25, 0.3) is 0 Å². The summed E-state index contributed by atoms with van der Waals surface area (Å²) in [6, 6.07) is 6.59. The number of benzene rings is 1. The van der Waals surface area contributed by atoms with Gasteiger partial charge in [-0.05, 0) is 24.1 Å². The first-order valence-corrected chi connectivity index (χ1v) is 5.71. The molecule has 17 heavy (non-hydrogen) atoms. The fraction of sp³-hybridized carbons (Fsp3) is 0.462. The van der Waals surface area contributed by atoms with Crippen LogP contribution in [0, 0.1) is 23.1 Å². The van der Waals surface area contributed by atoms with Crippen LogP contribution in [-0.4, -0.2) is 13.1 Å². The predicted octanol–water partition coefficient (Wildman–Crippen LogP) is 2.78. The van der Waals surface area contributed by atoms with Crippen LogP contribution in [-0.2, 0) is 0 Å². The molecule has 1 aromatic rings. The quantitative estimate of drug-likeness (QED) is 0.798. The summed E-state index contributed by atoms with van der Waals surface area (Å²) in [5, 5.41) is 8.63. The Balaban J connectivity index is 2.91. The minimum absolute atomic E-state index is 0.342. The number of nitrogens with zero attached hydrogens (tertiary/aromatic N) is 2. The van der Waals surface area contributed by atoms with E-state index in [1.807, 2.05) is 4.90 Å². The van der Waals surface area contributed by atoms with E-state index in [1.165, 1.54) is 12.1 Å². The lowest BCUT2D eigenvalue weighted by atomic mass is 10.1. The zero-order valence-corrected chi connectivity index (χ0v) is 10.3. The molecule has 1 aromatic carbocycles. The van der Waals surface area contributed by atoms with Crippen LogP contribution in [0.25, 0.3) is 0 Å². The van der Waals surface area contributed by atoms with Gasteiger partial charge in [0.1, 0.15) is 5.82 Å². The molecule has 0 saturated carbocycles. The van der Waals surface area contributed by atoms with Gasteiger partial charge in [0.2, 0.25) is 0 Å². The standard InChI is InChI=1S/C13H18FN3/c1-10(2)9-17(5-3-4-15)13-7-11(14)6-12(16)8-13/h6-8,10H,3,5,9,16H2,1-2H3. The lowest BCUT2D eigenvalue weighted by Crippen LogP contribution is -2.28. The molecule has 0 spiro atoms. The Kier molecular flexibility index (Phi) is 4.77. The van der Waals surface area contributed by atoms with Gasteiger partial charge >= 0.3 is 0 Å². The maximum absolute atomic E-state index is 13.3. The van der Waals surface area contributed by atoms with Crippen molar-refractivity contribution in [1.82, 2.24) is 0 Å². The van der Waals surface area contributed by atoms with Crippen LogP contribution in [0.15, 0.2) is 18.2 Å². The van der Waals surface area contributed by atoms with Gasteiger partial charge in [0, 0.05) is 24.5 Å². The van der Waals surface area contributed by atoms with Crippen LogP contribution in [0.1, 0.15) is 20.3 Å². The fourth-order valence-corrected chi connectivity index (χ4v) is 1.73. The number of halogens is 1. The molecule has 0 bridgehead atoms. The largest absolute Gasteiger partial charge is 0.399 e. The number of anilines is 2. The Morgan fingerprint density at radius 2 is 2.12 bits per heavy atom. The molecule has 0 radical (unpaired) electrons. The summed E-state index contributed by atoms with van der Waals surface area (Å²) in [6.45, 7) is 5.55. The molecule has 2 N–H and O–H groups in total. The van der Waals surface area contributed by atoms with E-state index >= 15 is 0 Å². The molecule has 3 nitrogen and oxygen atoms in total. The Morgan fingerprint density at radius 3 is 2.65 bits per heavy atom. The first-order valence-electron chi connectivity index (χ1n) is 5.71. The van der Waals surface area contributed by atoms with Crippen LogP contribution in [0.4, 0.5) is 15.8 Å². The van der Waals surface area contributed by atoms with Crippen molar-refractivity contribution >= 4 is 11.4 Å². The summed E-state index contributed by atoms with van der Waals surface area (Å²) >= 11 is 0. The van der Waals surface area contributed by atoms with E-state index in [2.05, 4.69) is 19.9 Å². The molecule has 0 aliphatic heterocycles. The summed E-state index contributed by atoms with van der Waals surface area (Å²) in [7, 11) is 0. The Labute approximate surface area is 102 Å². The second-order valence-electron chi connectivity index (χ2n) is 4.49. The van der Waals surface area contributed by atoms with Gasteiger partial charge in [-0.15, -0.1) is 0 Å². The monoisotopic (exact) mass is 235 g/mol. The topological polar surface area (TPSA) is 53.0 Å². The summed E-state index contributed by atoms with van der Waals surface area (Å²) in [4.78, 5) is 1.99. The van der Waals surface area contributed by atoms with E-state index in [0.29, 0.717) is 24.6 Å². The first kappa shape index (κ1) is 13.3. The predicted molar refractivity (Wildman–Crippen MR) is 68.1 cm³/mol. The molecular formula is C13H18FN3. The Hall–Kier alpha value is -1.76. The van der Waals surface area contributed by atoms with E-state index < -0.39 is 0 Å². The molecule has 0 aliphatic rings. The van der Waals surface area contributed by atoms with Gasteiger partial charge in [-0.25, -0.2) is 4.39 Å². The summed E-state index contributed by atoms with van der Waals surface area (Å²) < 4.78 is 13.3. The van der Waals surface area contributed by atoms with E-state index in [0.717, 1.165) is 12.2 Å². The molecular weight excluding hydrogens is 217 g/mol. The van der Waals surface area contributed by atoms with Crippen molar-refractivity contribution in [1.29, 1.82) is 5.26 Å². The lowest BCUT2D eigenvalue weighted by Gasteiger charge is -2.26. The molecule has 0 heterocycles. The van der Waals surface area contributed by atoms with Gasteiger partial charge in [0.15, 0.2) is 0 Å². The molecule has 0 aromatic heterocycles. The highest BCUT2D eigenvalue weighted by Gasteiger charge is 2.10. The molecule has 0 fully saturated rings. The van der Waals surface area contributed by atoms with E-state index in [1.54, 1.807) is 6.07 Å². The lowest BCUT2D eigenvalue weighted by molar-refractivity contribution is 0.604. The van der Waals surface area contributed by atoms with Crippen LogP contribution in [0.5, 0.6) is 0 Å².